The summed E-state index contributed by atoms with van der Waals surface area (Å²) in [6.07, 6.45) is 6.12. The maximum absolute atomic E-state index is 15.1. The van der Waals surface area contributed by atoms with Crippen molar-refractivity contribution in [2.24, 2.45) is 0 Å². The maximum Gasteiger partial charge on any atom is 0.142 e. The Kier molecular flexibility index (Phi) is 6.29. The average molecular weight is 401 g/mol. The van der Waals surface area contributed by atoms with Crippen molar-refractivity contribution in [2.75, 3.05) is 0 Å². The van der Waals surface area contributed by atoms with Crippen LogP contribution in [0, 0.1) is 23.5 Å². The molecular formula is C28H26F2. The zero-order chi connectivity index (χ0) is 20.9. The van der Waals surface area contributed by atoms with E-state index < -0.39 is 0 Å². The van der Waals surface area contributed by atoms with E-state index in [1.165, 1.54) is 36.1 Å². The Morgan fingerprint density at radius 1 is 0.900 bits per heavy atom. The molecule has 30 heavy (non-hydrogen) atoms. The van der Waals surface area contributed by atoms with Crippen LogP contribution in [0.5, 0.6) is 0 Å². The predicted octanol–water partition coefficient (Wildman–Crippen LogP) is 6.98. The molecule has 152 valence electrons. The van der Waals surface area contributed by atoms with E-state index >= 15 is 4.39 Å². The summed E-state index contributed by atoms with van der Waals surface area (Å²) >= 11 is 0. The fourth-order valence-electron chi connectivity index (χ4n) is 4.20. The Labute approximate surface area is 178 Å². The summed E-state index contributed by atoms with van der Waals surface area (Å²) in [6, 6.07) is 18.7. The summed E-state index contributed by atoms with van der Waals surface area (Å²) in [5, 5.41) is 0. The lowest BCUT2D eigenvalue weighted by Crippen LogP contribution is -2.15. The molecule has 2 heteroatoms. The van der Waals surface area contributed by atoms with Crippen LogP contribution in [0.15, 0.2) is 60.7 Å². The van der Waals surface area contributed by atoms with E-state index in [0.717, 1.165) is 36.8 Å². The Morgan fingerprint density at radius 2 is 1.67 bits per heavy atom. The number of benzene rings is 3. The Hall–Kier alpha value is -2.92. The number of rotatable bonds is 4. The molecular weight excluding hydrogens is 374 g/mol. The number of unbranched alkanes of at least 4 members (excludes halogenated alkanes) is 1. The summed E-state index contributed by atoms with van der Waals surface area (Å²) in [5.74, 6) is 5.79. The number of hydrogen-bond acceptors (Lipinski definition) is 0. The van der Waals surface area contributed by atoms with E-state index in [1.54, 1.807) is 18.2 Å². The van der Waals surface area contributed by atoms with E-state index in [4.69, 9.17) is 0 Å². The highest BCUT2D eigenvalue weighted by atomic mass is 19.1. The van der Waals surface area contributed by atoms with Crippen molar-refractivity contribution in [1.29, 1.82) is 0 Å². The van der Waals surface area contributed by atoms with Crippen molar-refractivity contribution in [1.82, 2.24) is 0 Å². The molecule has 0 aliphatic heterocycles. The number of halogens is 2. The van der Waals surface area contributed by atoms with Crippen LogP contribution in [0.4, 0.5) is 8.78 Å². The highest BCUT2D eigenvalue weighted by Gasteiger charge is 2.23. The van der Waals surface area contributed by atoms with Crippen molar-refractivity contribution >= 4 is 0 Å². The van der Waals surface area contributed by atoms with Gasteiger partial charge >= 0.3 is 0 Å². The Bertz CT molecular complexity index is 1070. The first-order chi connectivity index (χ1) is 14.6. The lowest BCUT2D eigenvalue weighted by molar-refractivity contribution is 0.540. The molecule has 0 nitrogen and oxygen atoms in total. The van der Waals surface area contributed by atoms with Gasteiger partial charge in [-0.05, 0) is 90.6 Å². The third-order valence-electron chi connectivity index (χ3n) is 6.01. The summed E-state index contributed by atoms with van der Waals surface area (Å²) in [5.41, 5.74) is 5.73. The average Bonchev–Trinajstić information content (AvgIpc) is 2.78. The van der Waals surface area contributed by atoms with Crippen LogP contribution < -0.4 is 0 Å². The second kappa shape index (κ2) is 9.26. The van der Waals surface area contributed by atoms with E-state index in [9.17, 15) is 4.39 Å². The molecule has 1 aliphatic rings. The lowest BCUT2D eigenvalue weighted by Gasteiger charge is -2.26. The van der Waals surface area contributed by atoms with Crippen molar-refractivity contribution in [3.63, 3.8) is 0 Å². The monoisotopic (exact) mass is 400 g/mol. The lowest BCUT2D eigenvalue weighted by atomic mass is 9.79. The normalized spacial score (nSPS) is 15.2. The van der Waals surface area contributed by atoms with Gasteiger partial charge in [0.2, 0.25) is 0 Å². The van der Waals surface area contributed by atoms with Crippen molar-refractivity contribution in [2.45, 2.75) is 51.4 Å². The van der Waals surface area contributed by atoms with Gasteiger partial charge in [0.15, 0.2) is 0 Å². The molecule has 3 aromatic rings. The molecule has 0 radical (unpaired) electrons. The first kappa shape index (κ1) is 20.4. The smallest absolute Gasteiger partial charge is 0.142 e. The standard InChI is InChI=1S/C28H26F2/c1-2-3-4-20-5-10-22(11-6-20)24-15-18-27-25(19-24)14-13-23(28(27)30)12-7-21-8-16-26(29)17-9-21/h5-6,8-11,13-14,16-17,24H,2-4,15,18-19H2,1H3. The fraction of sp³-hybridized carbons (Fsp3) is 0.286. The third kappa shape index (κ3) is 4.62. The zero-order valence-corrected chi connectivity index (χ0v) is 17.3. The minimum absolute atomic E-state index is 0.199. The summed E-state index contributed by atoms with van der Waals surface area (Å²) in [4.78, 5) is 0. The minimum Gasteiger partial charge on any atom is -0.207 e. The van der Waals surface area contributed by atoms with Gasteiger partial charge in [-0.3, -0.25) is 0 Å². The van der Waals surface area contributed by atoms with Gasteiger partial charge < -0.3 is 0 Å². The Morgan fingerprint density at radius 3 is 2.40 bits per heavy atom. The first-order valence-corrected chi connectivity index (χ1v) is 10.8. The van der Waals surface area contributed by atoms with Crippen LogP contribution in [0.25, 0.3) is 0 Å². The zero-order valence-electron chi connectivity index (χ0n) is 17.3. The molecule has 0 aromatic heterocycles. The molecule has 0 saturated heterocycles. The molecule has 3 aromatic carbocycles. The number of fused-ring (bicyclic) bond motifs is 1. The van der Waals surface area contributed by atoms with Gasteiger partial charge in [-0.1, -0.05) is 55.5 Å². The second-order valence-corrected chi connectivity index (χ2v) is 8.11. The van der Waals surface area contributed by atoms with E-state index in [0.29, 0.717) is 17.0 Å². The van der Waals surface area contributed by atoms with Crippen molar-refractivity contribution in [3.8, 4) is 11.8 Å². The van der Waals surface area contributed by atoms with Crippen molar-refractivity contribution in [3.05, 3.63) is 106 Å². The van der Waals surface area contributed by atoms with Crippen LogP contribution >= 0.6 is 0 Å². The quantitative estimate of drug-likeness (QED) is 0.415. The van der Waals surface area contributed by atoms with Gasteiger partial charge in [-0.25, -0.2) is 8.78 Å². The molecule has 0 bridgehead atoms. The maximum atomic E-state index is 15.1. The molecule has 1 aliphatic carbocycles. The van der Waals surface area contributed by atoms with Crippen LogP contribution in [0.1, 0.15) is 65.5 Å². The largest absolute Gasteiger partial charge is 0.207 e. The molecule has 0 N–H and O–H groups in total. The first-order valence-electron chi connectivity index (χ1n) is 10.8. The Balaban J connectivity index is 1.50. The summed E-state index contributed by atoms with van der Waals surface area (Å²) in [6.45, 7) is 2.22. The van der Waals surface area contributed by atoms with Gasteiger partial charge in [0.1, 0.15) is 11.6 Å². The minimum atomic E-state index is -0.300. The molecule has 0 spiro atoms. The van der Waals surface area contributed by atoms with Crippen LogP contribution in [-0.2, 0) is 19.3 Å². The van der Waals surface area contributed by atoms with E-state index in [-0.39, 0.29) is 11.6 Å². The van der Waals surface area contributed by atoms with Gasteiger partial charge in [0.05, 0.1) is 5.56 Å². The van der Waals surface area contributed by atoms with Gasteiger partial charge in [0, 0.05) is 5.56 Å². The summed E-state index contributed by atoms with van der Waals surface area (Å²) < 4.78 is 28.1. The van der Waals surface area contributed by atoms with E-state index in [1.807, 2.05) is 6.07 Å². The molecule has 1 atom stereocenters. The molecule has 0 amide bonds. The summed E-state index contributed by atoms with van der Waals surface area (Å²) in [7, 11) is 0. The molecule has 0 fully saturated rings. The van der Waals surface area contributed by atoms with Gasteiger partial charge in [-0.2, -0.15) is 0 Å². The predicted molar refractivity (Wildman–Crippen MR) is 119 cm³/mol. The van der Waals surface area contributed by atoms with Crippen LogP contribution in [-0.4, -0.2) is 0 Å². The molecule has 1 unspecified atom stereocenters. The highest BCUT2D eigenvalue weighted by molar-refractivity contribution is 5.48. The number of hydrogen-bond donors (Lipinski definition) is 0. The number of aryl methyl sites for hydroxylation is 1. The molecule has 0 saturated carbocycles. The van der Waals surface area contributed by atoms with E-state index in [2.05, 4.69) is 43.0 Å². The fourth-order valence-corrected chi connectivity index (χ4v) is 4.20. The van der Waals surface area contributed by atoms with Crippen LogP contribution in [0.2, 0.25) is 0 Å². The van der Waals surface area contributed by atoms with Gasteiger partial charge in [-0.15, -0.1) is 0 Å². The highest BCUT2D eigenvalue weighted by Crippen LogP contribution is 2.34. The molecule has 0 heterocycles. The topological polar surface area (TPSA) is 0 Å². The SMILES string of the molecule is CCCCc1ccc(C2CCc3c(ccc(C#Cc4ccc(F)cc4)c3F)C2)cc1. The molecule has 4 rings (SSSR count). The van der Waals surface area contributed by atoms with Crippen LogP contribution in [0.3, 0.4) is 0 Å². The van der Waals surface area contributed by atoms with Crippen molar-refractivity contribution < 1.29 is 8.78 Å². The second-order valence-electron chi connectivity index (χ2n) is 8.11. The third-order valence-corrected chi connectivity index (χ3v) is 6.01. The van der Waals surface area contributed by atoms with Gasteiger partial charge in [0.25, 0.3) is 0 Å².